The summed E-state index contributed by atoms with van der Waals surface area (Å²) in [6.07, 6.45) is 6.94. The Labute approximate surface area is 125 Å². The highest BCUT2D eigenvalue weighted by Gasteiger charge is 2.13. The van der Waals surface area contributed by atoms with E-state index in [-0.39, 0.29) is 6.61 Å². The van der Waals surface area contributed by atoms with E-state index in [1.54, 1.807) is 0 Å². The largest absolute Gasteiger partial charge is 0.493 e. The SMILES string of the molecule is OCC#Cc1cccc(OCCSC2CCCCC2)c1. The van der Waals surface area contributed by atoms with Crippen LogP contribution in [0.3, 0.4) is 0 Å². The van der Waals surface area contributed by atoms with Gasteiger partial charge in [0, 0.05) is 16.6 Å². The van der Waals surface area contributed by atoms with E-state index in [0.29, 0.717) is 0 Å². The Kier molecular flexibility index (Phi) is 6.83. The molecular formula is C17H22O2S. The van der Waals surface area contributed by atoms with Gasteiger partial charge in [0.1, 0.15) is 12.4 Å². The summed E-state index contributed by atoms with van der Waals surface area (Å²) in [5.41, 5.74) is 0.886. The Morgan fingerprint density at radius 3 is 2.90 bits per heavy atom. The first-order valence-electron chi connectivity index (χ1n) is 7.32. The van der Waals surface area contributed by atoms with Gasteiger partial charge >= 0.3 is 0 Å². The number of hydrogen-bond donors (Lipinski definition) is 1. The van der Waals surface area contributed by atoms with Gasteiger partial charge in [0.25, 0.3) is 0 Å². The predicted octanol–water partition coefficient (Wildman–Crippen LogP) is 3.48. The van der Waals surface area contributed by atoms with E-state index in [2.05, 4.69) is 11.8 Å². The molecule has 0 spiro atoms. The van der Waals surface area contributed by atoms with Crippen molar-refractivity contribution in [2.75, 3.05) is 19.0 Å². The Morgan fingerprint density at radius 1 is 1.25 bits per heavy atom. The third kappa shape index (κ3) is 5.48. The molecular weight excluding hydrogens is 268 g/mol. The molecule has 20 heavy (non-hydrogen) atoms. The highest BCUT2D eigenvalue weighted by Crippen LogP contribution is 2.28. The molecule has 0 amide bonds. The van der Waals surface area contributed by atoms with Crippen LogP contribution in [0, 0.1) is 11.8 Å². The fourth-order valence-electron chi connectivity index (χ4n) is 2.41. The minimum absolute atomic E-state index is 0.108. The van der Waals surface area contributed by atoms with Gasteiger partial charge in [-0.1, -0.05) is 37.2 Å². The Hall–Kier alpha value is -1.11. The van der Waals surface area contributed by atoms with Gasteiger partial charge in [-0.05, 0) is 31.0 Å². The molecule has 1 aromatic carbocycles. The first-order chi connectivity index (χ1) is 9.88. The first-order valence-corrected chi connectivity index (χ1v) is 8.37. The van der Waals surface area contributed by atoms with Crippen LogP contribution in [0.15, 0.2) is 24.3 Å². The minimum atomic E-state index is -0.108. The molecule has 1 aromatic rings. The third-order valence-electron chi connectivity index (χ3n) is 3.40. The molecule has 1 N–H and O–H groups in total. The molecule has 0 aromatic heterocycles. The molecule has 1 fully saturated rings. The van der Waals surface area contributed by atoms with Crippen molar-refractivity contribution in [1.29, 1.82) is 0 Å². The van der Waals surface area contributed by atoms with Gasteiger partial charge in [0.05, 0.1) is 6.61 Å². The molecule has 0 radical (unpaired) electrons. The van der Waals surface area contributed by atoms with Crippen molar-refractivity contribution >= 4 is 11.8 Å². The second kappa shape index (κ2) is 8.94. The zero-order valence-corrected chi connectivity index (χ0v) is 12.6. The lowest BCUT2D eigenvalue weighted by Crippen LogP contribution is -2.11. The average Bonchev–Trinajstić information content (AvgIpc) is 2.51. The van der Waals surface area contributed by atoms with E-state index < -0.39 is 0 Å². The van der Waals surface area contributed by atoms with Crippen molar-refractivity contribution in [3.8, 4) is 17.6 Å². The van der Waals surface area contributed by atoms with Gasteiger partial charge in [-0.15, -0.1) is 0 Å². The fourth-order valence-corrected chi connectivity index (χ4v) is 3.59. The van der Waals surface area contributed by atoms with Gasteiger partial charge in [-0.25, -0.2) is 0 Å². The summed E-state index contributed by atoms with van der Waals surface area (Å²) in [7, 11) is 0. The molecule has 0 heterocycles. The van der Waals surface area contributed by atoms with Crippen LogP contribution in [0.5, 0.6) is 5.75 Å². The molecule has 2 nitrogen and oxygen atoms in total. The number of aliphatic hydroxyl groups is 1. The second-order valence-electron chi connectivity index (χ2n) is 4.97. The summed E-state index contributed by atoms with van der Waals surface area (Å²) < 4.78 is 5.77. The summed E-state index contributed by atoms with van der Waals surface area (Å²) in [5.74, 6) is 7.45. The summed E-state index contributed by atoms with van der Waals surface area (Å²) >= 11 is 2.05. The predicted molar refractivity (Wildman–Crippen MR) is 85.2 cm³/mol. The van der Waals surface area contributed by atoms with Crippen molar-refractivity contribution in [3.63, 3.8) is 0 Å². The molecule has 0 unspecified atom stereocenters. The maximum absolute atomic E-state index is 8.69. The first kappa shape index (κ1) is 15.3. The van der Waals surface area contributed by atoms with Gasteiger partial charge < -0.3 is 9.84 Å². The summed E-state index contributed by atoms with van der Waals surface area (Å²) in [6, 6.07) is 7.74. The van der Waals surface area contributed by atoms with Crippen molar-refractivity contribution in [1.82, 2.24) is 0 Å². The lowest BCUT2D eigenvalue weighted by molar-refractivity contribution is 0.343. The van der Waals surface area contributed by atoms with Crippen molar-refractivity contribution in [3.05, 3.63) is 29.8 Å². The smallest absolute Gasteiger partial charge is 0.120 e. The van der Waals surface area contributed by atoms with Crippen LogP contribution in [-0.4, -0.2) is 29.3 Å². The molecule has 3 heteroatoms. The molecule has 108 valence electrons. The molecule has 0 saturated heterocycles. The van der Waals surface area contributed by atoms with Crippen LogP contribution in [0.4, 0.5) is 0 Å². The Balaban J connectivity index is 1.70. The zero-order valence-electron chi connectivity index (χ0n) is 11.8. The van der Waals surface area contributed by atoms with Crippen LogP contribution in [-0.2, 0) is 0 Å². The maximum atomic E-state index is 8.69. The lowest BCUT2D eigenvalue weighted by atomic mass is 10.0. The lowest BCUT2D eigenvalue weighted by Gasteiger charge is -2.20. The fraction of sp³-hybridized carbons (Fsp3) is 0.529. The van der Waals surface area contributed by atoms with Gasteiger partial charge in [-0.3, -0.25) is 0 Å². The monoisotopic (exact) mass is 290 g/mol. The topological polar surface area (TPSA) is 29.5 Å². The number of rotatable bonds is 5. The number of ether oxygens (including phenoxy) is 1. The van der Waals surface area contributed by atoms with E-state index in [4.69, 9.17) is 9.84 Å². The Bertz CT molecular complexity index is 456. The normalized spacial score (nSPS) is 15.4. The zero-order chi connectivity index (χ0) is 14.0. The van der Waals surface area contributed by atoms with Crippen molar-refractivity contribution in [2.45, 2.75) is 37.4 Å². The highest BCUT2D eigenvalue weighted by atomic mass is 32.2. The molecule has 2 rings (SSSR count). The van der Waals surface area contributed by atoms with E-state index in [1.807, 2.05) is 36.0 Å². The number of aliphatic hydroxyl groups excluding tert-OH is 1. The maximum Gasteiger partial charge on any atom is 0.120 e. The van der Waals surface area contributed by atoms with E-state index in [1.165, 1.54) is 32.1 Å². The van der Waals surface area contributed by atoms with Crippen LogP contribution < -0.4 is 4.74 Å². The molecule has 0 aliphatic heterocycles. The number of thioether (sulfide) groups is 1. The van der Waals surface area contributed by atoms with Crippen molar-refractivity contribution in [2.24, 2.45) is 0 Å². The number of hydrogen-bond acceptors (Lipinski definition) is 3. The summed E-state index contributed by atoms with van der Waals surface area (Å²) in [5, 5.41) is 9.53. The summed E-state index contributed by atoms with van der Waals surface area (Å²) in [6.45, 7) is 0.640. The van der Waals surface area contributed by atoms with Crippen LogP contribution in [0.25, 0.3) is 0 Å². The second-order valence-corrected chi connectivity index (χ2v) is 6.38. The van der Waals surface area contributed by atoms with E-state index in [0.717, 1.165) is 28.9 Å². The Morgan fingerprint density at radius 2 is 2.10 bits per heavy atom. The van der Waals surface area contributed by atoms with Gasteiger partial charge in [0.2, 0.25) is 0 Å². The minimum Gasteiger partial charge on any atom is -0.493 e. The van der Waals surface area contributed by atoms with E-state index in [9.17, 15) is 0 Å². The van der Waals surface area contributed by atoms with E-state index >= 15 is 0 Å². The molecule has 0 atom stereocenters. The van der Waals surface area contributed by atoms with Crippen LogP contribution >= 0.6 is 11.8 Å². The quantitative estimate of drug-likeness (QED) is 0.665. The van der Waals surface area contributed by atoms with Crippen molar-refractivity contribution < 1.29 is 9.84 Å². The van der Waals surface area contributed by atoms with Gasteiger partial charge in [0.15, 0.2) is 0 Å². The van der Waals surface area contributed by atoms with Gasteiger partial charge in [-0.2, -0.15) is 11.8 Å². The number of benzene rings is 1. The van der Waals surface area contributed by atoms with Crippen LogP contribution in [0.1, 0.15) is 37.7 Å². The molecule has 1 aliphatic rings. The standard InChI is InChI=1S/C17H22O2S/c18-11-5-7-15-6-4-8-16(14-15)19-12-13-20-17-9-2-1-3-10-17/h4,6,8,14,17-18H,1-3,9-13H2. The highest BCUT2D eigenvalue weighted by molar-refractivity contribution is 7.99. The molecule has 1 aliphatic carbocycles. The molecule has 1 saturated carbocycles. The van der Waals surface area contributed by atoms with Crippen LogP contribution in [0.2, 0.25) is 0 Å². The summed E-state index contributed by atoms with van der Waals surface area (Å²) in [4.78, 5) is 0. The average molecular weight is 290 g/mol. The molecule has 0 bridgehead atoms. The third-order valence-corrected chi connectivity index (χ3v) is 4.75.